The van der Waals surface area contributed by atoms with Gasteiger partial charge >= 0.3 is 12.3 Å². The van der Waals surface area contributed by atoms with Crippen LogP contribution in [0.5, 0.6) is 0 Å². The van der Waals surface area contributed by atoms with Gasteiger partial charge in [-0.15, -0.1) is 0 Å². The molecule has 1 aliphatic rings. The summed E-state index contributed by atoms with van der Waals surface area (Å²) in [7, 11) is 0. The van der Waals surface area contributed by atoms with Crippen LogP contribution in [0.1, 0.15) is 70.6 Å². The molecule has 23 heavy (non-hydrogen) atoms. The van der Waals surface area contributed by atoms with Crippen LogP contribution in [0, 0.1) is 0 Å². The third kappa shape index (κ3) is 12.7. The first kappa shape index (κ1) is 19.6. The quantitative estimate of drug-likeness (QED) is 0.605. The van der Waals surface area contributed by atoms with Gasteiger partial charge in [0.15, 0.2) is 0 Å². The lowest BCUT2D eigenvalue weighted by molar-refractivity contribution is 0.0525. The smallest absolute Gasteiger partial charge is 0.434 e. The Morgan fingerprint density at radius 2 is 0.609 bits per heavy atom. The summed E-state index contributed by atoms with van der Waals surface area (Å²) in [5.74, 6) is 0. The van der Waals surface area contributed by atoms with E-state index in [0.717, 1.165) is 70.6 Å². The van der Waals surface area contributed by atoms with E-state index in [1.165, 1.54) is 0 Å². The summed E-state index contributed by atoms with van der Waals surface area (Å²) in [6.45, 7) is 1.66. The molecule has 0 spiro atoms. The van der Waals surface area contributed by atoms with Gasteiger partial charge < -0.3 is 18.9 Å². The Morgan fingerprint density at radius 1 is 0.391 bits per heavy atom. The summed E-state index contributed by atoms with van der Waals surface area (Å²) in [5.41, 5.74) is 0. The zero-order valence-corrected chi connectivity index (χ0v) is 14.1. The molecule has 0 saturated carbocycles. The fraction of sp³-hybridized carbons (Fsp3) is 0.882. The Hall–Kier alpha value is -1.46. The lowest BCUT2D eigenvalue weighted by atomic mass is 10.1. The van der Waals surface area contributed by atoms with E-state index in [1.807, 2.05) is 0 Å². The van der Waals surface area contributed by atoms with Crippen LogP contribution in [0.15, 0.2) is 0 Å². The Labute approximate surface area is 138 Å². The second kappa shape index (κ2) is 14.2. The Kier molecular flexibility index (Phi) is 12.1. The monoisotopic (exact) mass is 330 g/mol. The minimum Gasteiger partial charge on any atom is -0.434 e. The molecule has 0 aromatic heterocycles. The van der Waals surface area contributed by atoms with Gasteiger partial charge in [-0.25, -0.2) is 9.59 Å². The summed E-state index contributed by atoms with van der Waals surface area (Å²) in [4.78, 5) is 22.6. The average Bonchev–Trinajstić information content (AvgIpc) is 2.54. The number of carbonyl (C=O) groups is 2. The predicted octanol–water partition coefficient (Wildman–Crippen LogP) is 4.60. The highest BCUT2D eigenvalue weighted by molar-refractivity contribution is 5.60. The van der Waals surface area contributed by atoms with Crippen LogP contribution in [0.3, 0.4) is 0 Å². The molecule has 0 amide bonds. The molecule has 0 N–H and O–H groups in total. The average molecular weight is 330 g/mol. The van der Waals surface area contributed by atoms with Gasteiger partial charge in [0.1, 0.15) is 0 Å². The first-order valence-corrected chi connectivity index (χ1v) is 8.88. The first-order chi connectivity index (χ1) is 11.3. The molecule has 1 aliphatic heterocycles. The normalized spacial score (nSPS) is 21.7. The molecule has 1 saturated heterocycles. The molecule has 1 heterocycles. The van der Waals surface area contributed by atoms with Crippen LogP contribution in [-0.4, -0.2) is 38.7 Å². The molecule has 0 unspecified atom stereocenters. The van der Waals surface area contributed by atoms with Crippen molar-refractivity contribution in [1.82, 2.24) is 0 Å². The number of hydrogen-bond donors (Lipinski definition) is 0. The zero-order valence-electron chi connectivity index (χ0n) is 14.1. The standard InChI is InChI=1S/C17H30O6/c18-16-20-12-8-4-1-2-5-9-13-21-17(19)23-15-11-7-3-6-10-14-22-16/h1-15H2. The van der Waals surface area contributed by atoms with Gasteiger partial charge in [-0.2, -0.15) is 0 Å². The lowest BCUT2D eigenvalue weighted by Crippen LogP contribution is -2.09. The van der Waals surface area contributed by atoms with Crippen LogP contribution < -0.4 is 0 Å². The summed E-state index contributed by atoms with van der Waals surface area (Å²) in [6, 6.07) is 0. The molecule has 0 aromatic carbocycles. The lowest BCUT2D eigenvalue weighted by Gasteiger charge is -2.06. The van der Waals surface area contributed by atoms with Crippen molar-refractivity contribution in [2.24, 2.45) is 0 Å². The van der Waals surface area contributed by atoms with E-state index in [9.17, 15) is 9.59 Å². The fourth-order valence-electron chi connectivity index (χ4n) is 2.35. The van der Waals surface area contributed by atoms with E-state index < -0.39 is 12.3 Å². The molecule has 1 fully saturated rings. The van der Waals surface area contributed by atoms with Crippen molar-refractivity contribution >= 4 is 12.3 Å². The van der Waals surface area contributed by atoms with E-state index in [1.54, 1.807) is 0 Å². The van der Waals surface area contributed by atoms with Crippen molar-refractivity contribution in [2.45, 2.75) is 70.6 Å². The topological polar surface area (TPSA) is 71.1 Å². The van der Waals surface area contributed by atoms with E-state index in [-0.39, 0.29) is 0 Å². The molecule has 1 rings (SSSR count). The van der Waals surface area contributed by atoms with E-state index in [0.29, 0.717) is 26.4 Å². The third-order valence-corrected chi connectivity index (χ3v) is 3.71. The van der Waals surface area contributed by atoms with E-state index >= 15 is 0 Å². The van der Waals surface area contributed by atoms with Crippen molar-refractivity contribution in [3.63, 3.8) is 0 Å². The molecule has 0 radical (unpaired) electrons. The Morgan fingerprint density at radius 3 is 0.870 bits per heavy atom. The van der Waals surface area contributed by atoms with Crippen LogP contribution in [-0.2, 0) is 18.9 Å². The van der Waals surface area contributed by atoms with Gasteiger partial charge in [-0.3, -0.25) is 0 Å². The van der Waals surface area contributed by atoms with Gasteiger partial charge in [0.25, 0.3) is 0 Å². The summed E-state index contributed by atoms with van der Waals surface area (Å²) in [6.07, 6.45) is 9.48. The Balaban J connectivity index is 2.17. The van der Waals surface area contributed by atoms with Crippen LogP contribution in [0.25, 0.3) is 0 Å². The Bertz CT molecular complexity index is 288. The van der Waals surface area contributed by atoms with Crippen LogP contribution in [0.2, 0.25) is 0 Å². The number of cyclic esters (lactones) is 4. The summed E-state index contributed by atoms with van der Waals surface area (Å²) in [5, 5.41) is 0. The van der Waals surface area contributed by atoms with Gasteiger partial charge in [0.05, 0.1) is 26.4 Å². The molecule has 0 aliphatic carbocycles. The maximum absolute atomic E-state index is 11.3. The highest BCUT2D eigenvalue weighted by atomic mass is 16.7. The molecule has 6 nitrogen and oxygen atoms in total. The van der Waals surface area contributed by atoms with Crippen molar-refractivity contribution in [3.05, 3.63) is 0 Å². The van der Waals surface area contributed by atoms with E-state index in [4.69, 9.17) is 18.9 Å². The van der Waals surface area contributed by atoms with E-state index in [2.05, 4.69) is 0 Å². The molecule has 0 atom stereocenters. The maximum Gasteiger partial charge on any atom is 0.508 e. The number of ether oxygens (including phenoxy) is 4. The highest BCUT2D eigenvalue weighted by Crippen LogP contribution is 2.08. The summed E-state index contributed by atoms with van der Waals surface area (Å²) < 4.78 is 20.0. The molecule has 134 valence electrons. The third-order valence-electron chi connectivity index (χ3n) is 3.71. The van der Waals surface area contributed by atoms with Crippen molar-refractivity contribution in [3.8, 4) is 0 Å². The molecule has 6 heteroatoms. The van der Waals surface area contributed by atoms with Crippen molar-refractivity contribution in [2.75, 3.05) is 26.4 Å². The number of hydrogen-bond acceptors (Lipinski definition) is 6. The maximum atomic E-state index is 11.3. The second-order valence-electron chi connectivity index (χ2n) is 5.78. The molecule has 0 bridgehead atoms. The SMILES string of the molecule is O=C1OCCCCCCCCOC(=O)OCCCCCCCO1. The number of carbonyl (C=O) groups excluding carboxylic acids is 2. The van der Waals surface area contributed by atoms with Crippen molar-refractivity contribution < 1.29 is 28.5 Å². The van der Waals surface area contributed by atoms with Gasteiger partial charge in [0, 0.05) is 0 Å². The molecular formula is C17H30O6. The van der Waals surface area contributed by atoms with Crippen LogP contribution >= 0.6 is 0 Å². The molecular weight excluding hydrogens is 300 g/mol. The minimum absolute atomic E-state index is 0.404. The minimum atomic E-state index is -0.556. The first-order valence-electron chi connectivity index (χ1n) is 8.88. The second-order valence-corrected chi connectivity index (χ2v) is 5.78. The molecule has 0 aromatic rings. The van der Waals surface area contributed by atoms with Crippen LogP contribution in [0.4, 0.5) is 9.59 Å². The largest absolute Gasteiger partial charge is 0.508 e. The predicted molar refractivity (Wildman–Crippen MR) is 85.4 cm³/mol. The highest BCUT2D eigenvalue weighted by Gasteiger charge is 2.05. The fourth-order valence-corrected chi connectivity index (χ4v) is 2.35. The van der Waals surface area contributed by atoms with Crippen molar-refractivity contribution in [1.29, 1.82) is 0 Å². The van der Waals surface area contributed by atoms with Gasteiger partial charge in [0.2, 0.25) is 0 Å². The summed E-state index contributed by atoms with van der Waals surface area (Å²) >= 11 is 0. The van der Waals surface area contributed by atoms with Gasteiger partial charge in [-0.1, -0.05) is 44.9 Å². The zero-order chi connectivity index (χ0) is 16.6. The van der Waals surface area contributed by atoms with Gasteiger partial charge in [-0.05, 0) is 25.7 Å². The number of rotatable bonds is 0.